The molecule has 1 heterocycles. The van der Waals surface area contributed by atoms with Gasteiger partial charge in [0, 0.05) is 23.8 Å². The topological polar surface area (TPSA) is 52.6 Å². The number of nitrogens with zero attached hydrogens (tertiary/aromatic N) is 1. The molecule has 26 heavy (non-hydrogen) atoms. The van der Waals surface area contributed by atoms with Crippen LogP contribution in [0.15, 0.2) is 48.5 Å². The summed E-state index contributed by atoms with van der Waals surface area (Å²) in [6.45, 7) is 6.03. The molecule has 0 aromatic heterocycles. The molecule has 4 nitrogen and oxygen atoms in total. The standard InChI is InChI=1S/C22H24N2O2/c1-12(2)23-24-20(25)19-17-13-8-4-6-10-15(13)18(22(19,3)21(24)26)16-11-7-5-9-14(16)17/h4-12,17-20,23,25H,1-3H3/t17?,18?,19-,20-,22-/m1/s1. The monoisotopic (exact) mass is 348 g/mol. The molecule has 0 spiro atoms. The fourth-order valence-electron chi connectivity index (χ4n) is 5.72. The highest BCUT2D eigenvalue weighted by atomic mass is 16.3. The molecule has 1 amide bonds. The summed E-state index contributed by atoms with van der Waals surface area (Å²) in [5.74, 6) is -0.139. The average molecular weight is 348 g/mol. The molecule has 0 unspecified atom stereocenters. The van der Waals surface area contributed by atoms with Gasteiger partial charge >= 0.3 is 0 Å². The Morgan fingerprint density at radius 1 is 1.00 bits per heavy atom. The number of benzene rings is 2. The van der Waals surface area contributed by atoms with Gasteiger partial charge in [-0.1, -0.05) is 48.5 Å². The van der Waals surface area contributed by atoms with Crippen LogP contribution in [0.2, 0.25) is 0 Å². The van der Waals surface area contributed by atoms with Gasteiger partial charge in [0.2, 0.25) is 5.91 Å². The van der Waals surface area contributed by atoms with E-state index in [0.717, 1.165) is 0 Å². The molecule has 2 aromatic rings. The maximum Gasteiger partial charge on any atom is 0.246 e. The van der Waals surface area contributed by atoms with E-state index in [1.54, 1.807) is 0 Å². The Morgan fingerprint density at radius 3 is 2.00 bits per heavy atom. The van der Waals surface area contributed by atoms with Crippen molar-refractivity contribution in [1.82, 2.24) is 10.4 Å². The Labute approximate surface area is 153 Å². The van der Waals surface area contributed by atoms with Gasteiger partial charge in [0.05, 0.1) is 5.41 Å². The van der Waals surface area contributed by atoms with E-state index in [-0.39, 0.29) is 29.7 Å². The van der Waals surface area contributed by atoms with Crippen LogP contribution < -0.4 is 5.43 Å². The summed E-state index contributed by atoms with van der Waals surface area (Å²) in [6, 6.07) is 17.0. The summed E-state index contributed by atoms with van der Waals surface area (Å²) in [5.41, 5.74) is 7.53. The Morgan fingerprint density at radius 2 is 1.50 bits per heavy atom. The number of hydrogen-bond acceptors (Lipinski definition) is 3. The van der Waals surface area contributed by atoms with Crippen LogP contribution in [-0.2, 0) is 4.79 Å². The zero-order valence-corrected chi connectivity index (χ0v) is 15.3. The van der Waals surface area contributed by atoms with Crippen LogP contribution in [-0.4, -0.2) is 28.3 Å². The lowest BCUT2D eigenvalue weighted by atomic mass is 9.48. The van der Waals surface area contributed by atoms with Crippen molar-refractivity contribution in [1.29, 1.82) is 0 Å². The summed E-state index contributed by atoms with van der Waals surface area (Å²) in [6.07, 6.45) is -0.830. The smallest absolute Gasteiger partial charge is 0.246 e. The summed E-state index contributed by atoms with van der Waals surface area (Å²) in [4.78, 5) is 13.5. The molecule has 2 aromatic carbocycles. The van der Waals surface area contributed by atoms with Crippen molar-refractivity contribution in [3.63, 3.8) is 0 Å². The van der Waals surface area contributed by atoms with E-state index in [0.29, 0.717) is 0 Å². The van der Waals surface area contributed by atoms with Gasteiger partial charge < -0.3 is 5.11 Å². The predicted molar refractivity (Wildman–Crippen MR) is 99.3 cm³/mol. The summed E-state index contributed by atoms with van der Waals surface area (Å²) >= 11 is 0. The van der Waals surface area contributed by atoms with Crippen LogP contribution in [0.4, 0.5) is 0 Å². The first-order chi connectivity index (χ1) is 12.5. The maximum absolute atomic E-state index is 13.5. The molecule has 2 bridgehead atoms. The van der Waals surface area contributed by atoms with Crippen molar-refractivity contribution in [2.24, 2.45) is 11.3 Å². The lowest BCUT2D eigenvalue weighted by molar-refractivity contribution is -0.144. The summed E-state index contributed by atoms with van der Waals surface area (Å²) < 4.78 is 0. The Kier molecular flexibility index (Phi) is 3.19. The van der Waals surface area contributed by atoms with E-state index >= 15 is 0 Å². The van der Waals surface area contributed by atoms with Crippen molar-refractivity contribution >= 4 is 5.91 Å². The predicted octanol–water partition coefficient (Wildman–Crippen LogP) is 2.97. The van der Waals surface area contributed by atoms with Crippen molar-refractivity contribution in [2.75, 3.05) is 0 Å². The van der Waals surface area contributed by atoms with E-state index in [9.17, 15) is 9.90 Å². The van der Waals surface area contributed by atoms with E-state index in [1.807, 2.05) is 13.8 Å². The molecule has 1 saturated heterocycles. The van der Waals surface area contributed by atoms with Crippen LogP contribution in [0.25, 0.3) is 0 Å². The fraction of sp³-hybridized carbons (Fsp3) is 0.409. The van der Waals surface area contributed by atoms with Crippen molar-refractivity contribution in [3.8, 4) is 0 Å². The van der Waals surface area contributed by atoms with Gasteiger partial charge in [0.15, 0.2) is 0 Å². The minimum atomic E-state index is -0.830. The quantitative estimate of drug-likeness (QED) is 0.877. The Balaban J connectivity index is 1.77. The molecule has 0 saturated carbocycles. The first-order valence-electron chi connectivity index (χ1n) is 9.41. The van der Waals surface area contributed by atoms with E-state index in [4.69, 9.17) is 0 Å². The van der Waals surface area contributed by atoms with E-state index in [2.05, 4.69) is 60.9 Å². The highest BCUT2D eigenvalue weighted by Gasteiger charge is 2.68. The minimum Gasteiger partial charge on any atom is -0.372 e. The molecule has 4 aliphatic rings. The van der Waals surface area contributed by atoms with Crippen molar-refractivity contribution < 1.29 is 9.90 Å². The van der Waals surface area contributed by atoms with Crippen molar-refractivity contribution in [3.05, 3.63) is 70.8 Å². The second-order valence-corrected chi connectivity index (χ2v) is 8.35. The zero-order valence-electron chi connectivity index (χ0n) is 15.3. The molecule has 3 atom stereocenters. The molecule has 1 aliphatic heterocycles. The molecule has 3 aliphatic carbocycles. The number of amides is 1. The second-order valence-electron chi connectivity index (χ2n) is 8.35. The normalized spacial score (nSPS) is 34.0. The lowest BCUT2D eigenvalue weighted by Gasteiger charge is -2.52. The average Bonchev–Trinajstić information content (AvgIpc) is 2.82. The molecule has 1 fully saturated rings. The maximum atomic E-state index is 13.5. The van der Waals surface area contributed by atoms with Gasteiger partial charge in [-0.05, 0) is 43.0 Å². The van der Waals surface area contributed by atoms with Gasteiger partial charge in [-0.15, -0.1) is 0 Å². The fourth-order valence-corrected chi connectivity index (χ4v) is 5.72. The third kappa shape index (κ3) is 1.74. The second kappa shape index (κ2) is 5.18. The molecule has 6 rings (SSSR count). The van der Waals surface area contributed by atoms with Gasteiger partial charge in [-0.3, -0.25) is 4.79 Å². The van der Waals surface area contributed by atoms with E-state index in [1.165, 1.54) is 27.3 Å². The third-order valence-electron chi connectivity index (χ3n) is 6.60. The van der Waals surface area contributed by atoms with Gasteiger partial charge in [0.1, 0.15) is 6.23 Å². The number of rotatable bonds is 2. The summed E-state index contributed by atoms with van der Waals surface area (Å²) in [7, 11) is 0. The summed E-state index contributed by atoms with van der Waals surface area (Å²) in [5, 5.41) is 12.7. The number of hydrazine groups is 1. The van der Waals surface area contributed by atoms with Crippen LogP contribution in [0, 0.1) is 11.3 Å². The van der Waals surface area contributed by atoms with Gasteiger partial charge in [0.25, 0.3) is 0 Å². The van der Waals surface area contributed by atoms with Crippen molar-refractivity contribution in [2.45, 2.75) is 44.9 Å². The zero-order chi connectivity index (χ0) is 18.2. The van der Waals surface area contributed by atoms with Crippen LogP contribution in [0.5, 0.6) is 0 Å². The first-order valence-corrected chi connectivity index (χ1v) is 9.41. The third-order valence-corrected chi connectivity index (χ3v) is 6.60. The molecular weight excluding hydrogens is 324 g/mol. The highest BCUT2D eigenvalue weighted by molar-refractivity contribution is 5.89. The Bertz CT molecular complexity index is 861. The largest absolute Gasteiger partial charge is 0.372 e. The molecule has 134 valence electrons. The van der Waals surface area contributed by atoms with Gasteiger partial charge in [-0.2, -0.15) is 0 Å². The lowest BCUT2D eigenvalue weighted by Crippen LogP contribution is -2.50. The minimum absolute atomic E-state index is 0.00251. The van der Waals surface area contributed by atoms with Crippen LogP contribution >= 0.6 is 0 Å². The number of nitrogens with one attached hydrogen (secondary N) is 1. The number of carbonyl (C=O) groups excluding carboxylic acids is 1. The molecule has 0 radical (unpaired) electrons. The number of aliphatic hydroxyl groups is 1. The SMILES string of the molecule is CC(C)NN1C(=O)[C@]2(C)C3c4ccccc4C(c4ccccc43)[C@@H]2[C@H]1O. The molecule has 4 heteroatoms. The van der Waals surface area contributed by atoms with Gasteiger partial charge in [-0.25, -0.2) is 10.4 Å². The highest BCUT2D eigenvalue weighted by Crippen LogP contribution is 2.67. The number of carbonyl (C=O) groups is 1. The van der Waals surface area contributed by atoms with E-state index < -0.39 is 11.6 Å². The van der Waals surface area contributed by atoms with Crippen LogP contribution in [0.3, 0.4) is 0 Å². The number of hydrogen-bond donors (Lipinski definition) is 2. The molecular formula is C22H24N2O2. The Hall–Kier alpha value is -2.17. The molecule has 2 N–H and O–H groups in total. The first kappa shape index (κ1) is 16.0. The van der Waals surface area contributed by atoms with Crippen LogP contribution in [0.1, 0.15) is 54.9 Å². The number of aliphatic hydroxyl groups excluding tert-OH is 1.